The van der Waals surface area contributed by atoms with E-state index < -0.39 is 0 Å². The van der Waals surface area contributed by atoms with Gasteiger partial charge in [0.2, 0.25) is 5.95 Å². The lowest BCUT2D eigenvalue weighted by molar-refractivity contribution is 0.370. The maximum Gasteiger partial charge on any atom is 0.225 e. The summed E-state index contributed by atoms with van der Waals surface area (Å²) < 4.78 is 0. The van der Waals surface area contributed by atoms with Crippen molar-refractivity contribution in [3.63, 3.8) is 0 Å². The van der Waals surface area contributed by atoms with Crippen LogP contribution in [0, 0.1) is 0 Å². The van der Waals surface area contributed by atoms with Crippen LogP contribution in [-0.4, -0.2) is 60.6 Å². The third-order valence-electron chi connectivity index (χ3n) is 4.17. The molecule has 3 rings (SSSR count). The highest BCUT2D eigenvalue weighted by Crippen LogP contribution is 2.09. The Balaban J connectivity index is 0.00000225. The average Bonchev–Trinajstić information content (AvgIpc) is 2.67. The van der Waals surface area contributed by atoms with Crippen LogP contribution in [0.4, 0.5) is 5.95 Å². The summed E-state index contributed by atoms with van der Waals surface area (Å²) >= 11 is 0. The summed E-state index contributed by atoms with van der Waals surface area (Å²) in [6.07, 6.45) is 4.58. The summed E-state index contributed by atoms with van der Waals surface area (Å²) in [5, 5.41) is 3.47. The summed E-state index contributed by atoms with van der Waals surface area (Å²) in [5.41, 5.74) is 1.34. The number of aliphatic imine (C=N–C) groups is 1. The van der Waals surface area contributed by atoms with Gasteiger partial charge in [0.05, 0.1) is 0 Å². The van der Waals surface area contributed by atoms with Crippen LogP contribution in [0.2, 0.25) is 0 Å². The first-order chi connectivity index (χ1) is 11.9. The molecule has 0 bridgehead atoms. The minimum absolute atomic E-state index is 0. The number of guanidine groups is 1. The number of rotatable bonds is 4. The SMILES string of the molecule is CN=C(NCCc1ccccc1)N1CCN(c2ncccn2)CC1.I. The van der Waals surface area contributed by atoms with Gasteiger partial charge in [-0.25, -0.2) is 9.97 Å². The molecule has 1 fully saturated rings. The van der Waals surface area contributed by atoms with Crippen molar-refractivity contribution >= 4 is 35.9 Å². The molecule has 1 aliphatic heterocycles. The van der Waals surface area contributed by atoms with Crippen molar-refractivity contribution in [1.82, 2.24) is 20.2 Å². The van der Waals surface area contributed by atoms with Gasteiger partial charge in [0, 0.05) is 52.2 Å². The second-order valence-corrected chi connectivity index (χ2v) is 5.73. The molecular formula is C18H25IN6. The molecular weight excluding hydrogens is 427 g/mol. The summed E-state index contributed by atoms with van der Waals surface area (Å²) in [6, 6.07) is 12.4. The van der Waals surface area contributed by atoms with E-state index in [1.807, 2.05) is 19.2 Å². The molecule has 25 heavy (non-hydrogen) atoms. The number of anilines is 1. The van der Waals surface area contributed by atoms with Crippen molar-refractivity contribution in [3.05, 3.63) is 54.4 Å². The molecule has 0 atom stereocenters. The lowest BCUT2D eigenvalue weighted by Crippen LogP contribution is -2.53. The number of nitrogens with zero attached hydrogens (tertiary/aromatic N) is 5. The van der Waals surface area contributed by atoms with E-state index in [-0.39, 0.29) is 24.0 Å². The maximum absolute atomic E-state index is 4.42. The minimum Gasteiger partial charge on any atom is -0.356 e. The average molecular weight is 452 g/mol. The molecule has 2 heterocycles. The Morgan fingerprint density at radius 3 is 2.36 bits per heavy atom. The number of benzene rings is 1. The molecule has 1 N–H and O–H groups in total. The van der Waals surface area contributed by atoms with Crippen LogP contribution < -0.4 is 10.2 Å². The predicted molar refractivity (Wildman–Crippen MR) is 113 cm³/mol. The molecule has 0 saturated carbocycles. The van der Waals surface area contributed by atoms with Gasteiger partial charge in [0.15, 0.2) is 5.96 Å². The molecule has 0 spiro atoms. The van der Waals surface area contributed by atoms with Crippen LogP contribution in [0.5, 0.6) is 0 Å². The summed E-state index contributed by atoms with van der Waals surface area (Å²) in [6.45, 7) is 4.54. The topological polar surface area (TPSA) is 56.7 Å². The van der Waals surface area contributed by atoms with Crippen molar-refractivity contribution in [1.29, 1.82) is 0 Å². The summed E-state index contributed by atoms with van der Waals surface area (Å²) in [4.78, 5) is 17.6. The molecule has 134 valence electrons. The number of hydrogen-bond donors (Lipinski definition) is 1. The van der Waals surface area contributed by atoms with Gasteiger partial charge >= 0.3 is 0 Å². The molecule has 1 aliphatic rings. The minimum atomic E-state index is 0. The number of hydrogen-bond acceptors (Lipinski definition) is 4. The molecule has 1 aromatic heterocycles. The van der Waals surface area contributed by atoms with E-state index in [4.69, 9.17) is 0 Å². The Hall–Kier alpha value is -1.90. The van der Waals surface area contributed by atoms with E-state index in [9.17, 15) is 0 Å². The van der Waals surface area contributed by atoms with Crippen LogP contribution in [0.3, 0.4) is 0 Å². The zero-order chi connectivity index (χ0) is 16.6. The van der Waals surface area contributed by atoms with Crippen molar-refractivity contribution in [3.8, 4) is 0 Å². The fourth-order valence-corrected chi connectivity index (χ4v) is 2.87. The Kier molecular flexibility index (Phi) is 7.90. The van der Waals surface area contributed by atoms with Gasteiger partial charge in [0.25, 0.3) is 0 Å². The zero-order valence-corrected chi connectivity index (χ0v) is 16.8. The molecule has 7 heteroatoms. The molecule has 0 radical (unpaired) electrons. The smallest absolute Gasteiger partial charge is 0.225 e. The monoisotopic (exact) mass is 452 g/mol. The molecule has 0 aliphatic carbocycles. The van der Waals surface area contributed by atoms with Crippen molar-refractivity contribution in [2.75, 3.05) is 44.7 Å². The van der Waals surface area contributed by atoms with Crippen molar-refractivity contribution < 1.29 is 0 Å². The number of aromatic nitrogens is 2. The summed E-state index contributed by atoms with van der Waals surface area (Å²) in [5.74, 6) is 1.78. The number of halogens is 1. The van der Waals surface area contributed by atoms with E-state index in [1.165, 1.54) is 5.56 Å². The first kappa shape index (κ1) is 19.4. The van der Waals surface area contributed by atoms with E-state index in [0.29, 0.717) is 0 Å². The highest BCUT2D eigenvalue weighted by molar-refractivity contribution is 14.0. The number of nitrogens with one attached hydrogen (secondary N) is 1. The van der Waals surface area contributed by atoms with Gasteiger partial charge in [0.1, 0.15) is 0 Å². The van der Waals surface area contributed by atoms with Gasteiger partial charge in [-0.05, 0) is 18.1 Å². The number of piperazine rings is 1. The second-order valence-electron chi connectivity index (χ2n) is 5.73. The largest absolute Gasteiger partial charge is 0.356 e. The molecule has 2 aromatic rings. The normalized spacial score (nSPS) is 14.8. The molecule has 6 nitrogen and oxygen atoms in total. The van der Waals surface area contributed by atoms with Crippen LogP contribution in [0.15, 0.2) is 53.8 Å². The first-order valence-electron chi connectivity index (χ1n) is 8.38. The molecule has 0 amide bonds. The third-order valence-corrected chi connectivity index (χ3v) is 4.17. The van der Waals surface area contributed by atoms with Crippen LogP contribution in [-0.2, 0) is 6.42 Å². The maximum atomic E-state index is 4.42. The third kappa shape index (κ3) is 5.55. The predicted octanol–water partition coefficient (Wildman–Crippen LogP) is 2.03. The summed E-state index contributed by atoms with van der Waals surface area (Å²) in [7, 11) is 1.84. The van der Waals surface area contributed by atoms with Gasteiger partial charge in [-0.1, -0.05) is 30.3 Å². The Morgan fingerprint density at radius 2 is 1.72 bits per heavy atom. The molecule has 1 saturated heterocycles. The Morgan fingerprint density at radius 1 is 1.04 bits per heavy atom. The van der Waals surface area contributed by atoms with E-state index >= 15 is 0 Å². The fourth-order valence-electron chi connectivity index (χ4n) is 2.87. The molecule has 0 unspecified atom stereocenters. The standard InChI is InChI=1S/C18H24N6.HI/c1-19-17(22-11-8-16-6-3-2-4-7-16)23-12-14-24(15-13-23)18-20-9-5-10-21-18;/h2-7,9-10H,8,11-15H2,1H3,(H,19,22);1H. The van der Waals surface area contributed by atoms with E-state index in [1.54, 1.807) is 12.4 Å². The van der Waals surface area contributed by atoms with Crippen LogP contribution in [0.1, 0.15) is 5.56 Å². The van der Waals surface area contributed by atoms with Gasteiger partial charge < -0.3 is 15.1 Å². The Labute approximate surface area is 166 Å². The Bertz CT molecular complexity index is 641. The van der Waals surface area contributed by atoms with Gasteiger partial charge in [-0.15, -0.1) is 24.0 Å². The highest BCUT2D eigenvalue weighted by atomic mass is 127. The van der Waals surface area contributed by atoms with Crippen molar-refractivity contribution in [2.45, 2.75) is 6.42 Å². The van der Waals surface area contributed by atoms with E-state index in [2.05, 4.69) is 54.3 Å². The first-order valence-corrected chi connectivity index (χ1v) is 8.38. The lowest BCUT2D eigenvalue weighted by atomic mass is 10.1. The van der Waals surface area contributed by atoms with Crippen LogP contribution >= 0.6 is 24.0 Å². The quantitative estimate of drug-likeness (QED) is 0.437. The highest BCUT2D eigenvalue weighted by Gasteiger charge is 2.20. The van der Waals surface area contributed by atoms with Crippen LogP contribution in [0.25, 0.3) is 0 Å². The lowest BCUT2D eigenvalue weighted by Gasteiger charge is -2.36. The zero-order valence-electron chi connectivity index (χ0n) is 14.5. The fraction of sp³-hybridized carbons (Fsp3) is 0.389. The van der Waals surface area contributed by atoms with Crippen molar-refractivity contribution in [2.24, 2.45) is 4.99 Å². The van der Waals surface area contributed by atoms with E-state index in [0.717, 1.165) is 51.1 Å². The van der Waals surface area contributed by atoms with Gasteiger partial charge in [-0.2, -0.15) is 0 Å². The molecule has 1 aromatic carbocycles. The van der Waals surface area contributed by atoms with Gasteiger partial charge in [-0.3, -0.25) is 4.99 Å². The second kappa shape index (κ2) is 10.2.